The smallest absolute Gasteiger partial charge is 0.256 e. The molecule has 0 saturated heterocycles. The monoisotopic (exact) mass is 304 g/mol. The fourth-order valence-corrected chi connectivity index (χ4v) is 2.60. The molecule has 76 valence electrons. The highest BCUT2D eigenvalue weighted by atomic mass is 127. The Morgan fingerprint density at radius 2 is 2.14 bits per heavy atom. The molecule has 0 bridgehead atoms. The molecule has 0 radical (unpaired) electrons. The maximum atomic E-state index is 11.9. The molecule has 1 aliphatic carbocycles. The van der Waals surface area contributed by atoms with Crippen LogP contribution in [0.2, 0.25) is 0 Å². The van der Waals surface area contributed by atoms with Crippen LogP contribution in [0.25, 0.3) is 0 Å². The van der Waals surface area contributed by atoms with E-state index in [1.54, 1.807) is 4.57 Å². The van der Waals surface area contributed by atoms with Crippen molar-refractivity contribution >= 4 is 22.6 Å². The van der Waals surface area contributed by atoms with Crippen LogP contribution in [-0.4, -0.2) is 9.55 Å². The normalized spacial score (nSPS) is 15.3. The van der Waals surface area contributed by atoms with Gasteiger partial charge in [0.25, 0.3) is 5.56 Å². The van der Waals surface area contributed by atoms with Crippen molar-refractivity contribution in [3.05, 3.63) is 27.4 Å². The Morgan fingerprint density at radius 1 is 1.43 bits per heavy atom. The van der Waals surface area contributed by atoms with E-state index < -0.39 is 0 Å². The molecular formula is C10H13IN2O. The van der Waals surface area contributed by atoms with Gasteiger partial charge in [0.05, 0.1) is 10.1 Å². The molecule has 0 fully saturated rings. The van der Waals surface area contributed by atoms with E-state index in [-0.39, 0.29) is 5.56 Å². The molecule has 4 heteroatoms. The van der Waals surface area contributed by atoms with Crippen LogP contribution in [0.1, 0.15) is 29.9 Å². The third kappa shape index (κ3) is 1.60. The van der Waals surface area contributed by atoms with E-state index in [2.05, 4.69) is 27.6 Å². The molecule has 1 heterocycles. The highest BCUT2D eigenvalue weighted by molar-refractivity contribution is 14.1. The largest absolute Gasteiger partial charge is 0.299 e. The lowest BCUT2D eigenvalue weighted by Crippen LogP contribution is -2.29. The minimum absolute atomic E-state index is 0.168. The molecule has 2 rings (SSSR count). The van der Waals surface area contributed by atoms with Gasteiger partial charge < -0.3 is 0 Å². The van der Waals surface area contributed by atoms with Crippen molar-refractivity contribution in [2.75, 3.05) is 0 Å². The number of rotatable bonds is 1. The number of aromatic nitrogens is 2. The Bertz CT molecular complexity index is 411. The third-order valence-corrected chi connectivity index (χ3v) is 3.45. The summed E-state index contributed by atoms with van der Waals surface area (Å²) in [5, 5.41) is 0. The van der Waals surface area contributed by atoms with Crippen LogP contribution in [-0.2, 0) is 24.3 Å². The molecule has 0 unspecified atom stereocenters. The summed E-state index contributed by atoms with van der Waals surface area (Å²) < 4.78 is 2.49. The molecule has 0 spiro atoms. The predicted octanol–water partition coefficient (Wildman–Crippen LogP) is 1.59. The lowest BCUT2D eigenvalue weighted by atomic mass is 9.97. The fraction of sp³-hybridized carbons (Fsp3) is 0.600. The standard InChI is InChI=1S/C10H13IN2O/c1-13-9(6-11)12-8-5-3-2-4-7(8)10(13)14/h2-6H2,1H3. The van der Waals surface area contributed by atoms with E-state index in [1.165, 1.54) is 6.42 Å². The number of alkyl halides is 1. The van der Waals surface area contributed by atoms with Gasteiger partial charge in [-0.05, 0) is 25.7 Å². The first-order chi connectivity index (χ1) is 6.74. The summed E-state index contributed by atoms with van der Waals surface area (Å²) in [6.45, 7) is 0. The second kappa shape index (κ2) is 4.00. The molecule has 14 heavy (non-hydrogen) atoms. The maximum Gasteiger partial charge on any atom is 0.256 e. The van der Waals surface area contributed by atoms with Crippen molar-refractivity contribution in [3.63, 3.8) is 0 Å². The summed E-state index contributed by atoms with van der Waals surface area (Å²) in [7, 11) is 1.82. The van der Waals surface area contributed by atoms with Gasteiger partial charge in [0.1, 0.15) is 5.82 Å². The summed E-state index contributed by atoms with van der Waals surface area (Å²) in [5.74, 6) is 0.899. The average Bonchev–Trinajstić information content (AvgIpc) is 2.23. The van der Waals surface area contributed by atoms with E-state index in [4.69, 9.17) is 0 Å². The molecule has 0 atom stereocenters. The van der Waals surface area contributed by atoms with Crippen LogP contribution >= 0.6 is 22.6 Å². The van der Waals surface area contributed by atoms with Crippen molar-refractivity contribution in [2.45, 2.75) is 30.1 Å². The van der Waals surface area contributed by atoms with E-state index in [0.717, 1.165) is 40.8 Å². The first kappa shape index (κ1) is 10.1. The lowest BCUT2D eigenvalue weighted by molar-refractivity contribution is 0.625. The van der Waals surface area contributed by atoms with Gasteiger partial charge in [0.2, 0.25) is 0 Å². The second-order valence-corrected chi connectivity index (χ2v) is 4.42. The summed E-state index contributed by atoms with van der Waals surface area (Å²) in [6, 6.07) is 0. The predicted molar refractivity (Wildman–Crippen MR) is 63.8 cm³/mol. The lowest BCUT2D eigenvalue weighted by Gasteiger charge is -2.16. The van der Waals surface area contributed by atoms with Crippen LogP contribution in [0.4, 0.5) is 0 Å². The molecule has 1 aliphatic rings. The number of aryl methyl sites for hydroxylation is 1. The Hall–Kier alpha value is -0.390. The third-order valence-electron chi connectivity index (χ3n) is 2.77. The van der Waals surface area contributed by atoms with E-state index in [1.807, 2.05) is 7.05 Å². The molecule has 0 aromatic carbocycles. The Balaban J connectivity index is 2.63. The fourth-order valence-electron chi connectivity index (χ4n) is 1.91. The van der Waals surface area contributed by atoms with Crippen molar-refractivity contribution in [1.29, 1.82) is 0 Å². The van der Waals surface area contributed by atoms with E-state index >= 15 is 0 Å². The van der Waals surface area contributed by atoms with Crippen molar-refractivity contribution in [1.82, 2.24) is 9.55 Å². The van der Waals surface area contributed by atoms with E-state index in [9.17, 15) is 4.79 Å². The van der Waals surface area contributed by atoms with Crippen LogP contribution in [0.3, 0.4) is 0 Å². The Morgan fingerprint density at radius 3 is 2.86 bits per heavy atom. The highest BCUT2D eigenvalue weighted by Gasteiger charge is 2.16. The van der Waals surface area contributed by atoms with Gasteiger partial charge >= 0.3 is 0 Å². The van der Waals surface area contributed by atoms with Crippen LogP contribution in [0.15, 0.2) is 4.79 Å². The maximum absolute atomic E-state index is 11.9. The number of hydrogen-bond donors (Lipinski definition) is 0. The molecule has 0 aliphatic heterocycles. The molecular weight excluding hydrogens is 291 g/mol. The highest BCUT2D eigenvalue weighted by Crippen LogP contribution is 2.16. The zero-order chi connectivity index (χ0) is 10.1. The van der Waals surface area contributed by atoms with Gasteiger partial charge in [0.15, 0.2) is 0 Å². The molecule has 0 saturated carbocycles. The summed E-state index contributed by atoms with van der Waals surface area (Å²) in [4.78, 5) is 16.5. The molecule has 0 amide bonds. The van der Waals surface area contributed by atoms with Crippen molar-refractivity contribution in [2.24, 2.45) is 7.05 Å². The minimum Gasteiger partial charge on any atom is -0.299 e. The number of nitrogens with zero attached hydrogens (tertiary/aromatic N) is 2. The van der Waals surface area contributed by atoms with Gasteiger partial charge in [-0.25, -0.2) is 4.98 Å². The summed E-state index contributed by atoms with van der Waals surface area (Å²) in [6.07, 6.45) is 4.20. The molecule has 1 aromatic rings. The van der Waals surface area contributed by atoms with Gasteiger partial charge in [0, 0.05) is 12.6 Å². The minimum atomic E-state index is 0.168. The number of halogens is 1. The quantitative estimate of drug-likeness (QED) is 0.583. The zero-order valence-electron chi connectivity index (χ0n) is 8.22. The summed E-state index contributed by atoms with van der Waals surface area (Å²) >= 11 is 2.25. The van der Waals surface area contributed by atoms with Crippen LogP contribution in [0.5, 0.6) is 0 Å². The first-order valence-electron chi connectivity index (χ1n) is 4.87. The topological polar surface area (TPSA) is 34.9 Å². The summed E-state index contributed by atoms with van der Waals surface area (Å²) in [5.41, 5.74) is 2.17. The second-order valence-electron chi connectivity index (χ2n) is 3.66. The number of fused-ring (bicyclic) bond motifs is 1. The van der Waals surface area contributed by atoms with Gasteiger partial charge in [-0.2, -0.15) is 0 Å². The molecule has 3 nitrogen and oxygen atoms in total. The van der Waals surface area contributed by atoms with Crippen molar-refractivity contribution < 1.29 is 0 Å². The Kier molecular flexibility index (Phi) is 2.90. The average molecular weight is 304 g/mol. The van der Waals surface area contributed by atoms with Crippen LogP contribution in [0, 0.1) is 0 Å². The van der Waals surface area contributed by atoms with Gasteiger partial charge in [-0.1, -0.05) is 22.6 Å². The van der Waals surface area contributed by atoms with Gasteiger partial charge in [-0.15, -0.1) is 0 Å². The number of hydrogen-bond acceptors (Lipinski definition) is 2. The van der Waals surface area contributed by atoms with Gasteiger partial charge in [-0.3, -0.25) is 9.36 Å². The molecule has 0 N–H and O–H groups in total. The zero-order valence-corrected chi connectivity index (χ0v) is 10.4. The Labute approximate surface area is 96.7 Å². The van der Waals surface area contributed by atoms with Crippen molar-refractivity contribution in [3.8, 4) is 0 Å². The SMILES string of the molecule is Cn1c(CI)nc2c(c1=O)CCCC2. The van der Waals surface area contributed by atoms with E-state index in [0.29, 0.717) is 0 Å². The van der Waals surface area contributed by atoms with Crippen LogP contribution < -0.4 is 5.56 Å². The molecule has 1 aromatic heterocycles. The first-order valence-corrected chi connectivity index (χ1v) is 6.40.